The van der Waals surface area contributed by atoms with Crippen molar-refractivity contribution in [1.82, 2.24) is 9.62 Å². The molecule has 0 aliphatic carbocycles. The molecule has 2 aromatic rings. The molecule has 35 heavy (non-hydrogen) atoms. The molecule has 0 unspecified atom stereocenters. The number of carbonyl (C=O) groups excluding carboxylic acids is 2. The van der Waals surface area contributed by atoms with E-state index >= 15 is 0 Å². The largest absolute Gasteiger partial charge is 0.479 e. The zero-order valence-corrected chi connectivity index (χ0v) is 20.3. The summed E-state index contributed by atoms with van der Waals surface area (Å²) < 4.78 is 44.7. The number of rotatable bonds is 5. The lowest BCUT2D eigenvalue weighted by Crippen LogP contribution is -2.45. The van der Waals surface area contributed by atoms with Gasteiger partial charge in [-0.3, -0.25) is 9.59 Å². The maximum absolute atomic E-state index is 13.5. The molecule has 0 spiro atoms. The molecule has 2 atom stereocenters. The summed E-state index contributed by atoms with van der Waals surface area (Å²) in [6.45, 7) is 4.20. The molecule has 0 bridgehead atoms. The van der Waals surface area contributed by atoms with E-state index in [1.165, 1.54) is 10.4 Å². The van der Waals surface area contributed by atoms with E-state index in [4.69, 9.17) is 14.2 Å². The first-order valence-corrected chi connectivity index (χ1v) is 12.9. The van der Waals surface area contributed by atoms with Crippen LogP contribution in [-0.2, 0) is 26.2 Å². The summed E-state index contributed by atoms with van der Waals surface area (Å²) in [6.07, 6.45) is 0.470. The van der Waals surface area contributed by atoms with Gasteiger partial charge in [0.05, 0.1) is 16.5 Å². The van der Waals surface area contributed by atoms with Crippen LogP contribution in [0.15, 0.2) is 35.2 Å². The van der Waals surface area contributed by atoms with Gasteiger partial charge < -0.3 is 24.8 Å². The number of nitrogens with one attached hydrogen (secondary N) is 2. The molecule has 5 rings (SSSR count). The van der Waals surface area contributed by atoms with Gasteiger partial charge in [0.2, 0.25) is 22.7 Å². The molecule has 1 fully saturated rings. The number of amides is 2. The maximum atomic E-state index is 13.5. The van der Waals surface area contributed by atoms with E-state index in [1.54, 1.807) is 26.0 Å². The van der Waals surface area contributed by atoms with E-state index in [-0.39, 0.29) is 30.0 Å². The Morgan fingerprint density at radius 3 is 2.80 bits per heavy atom. The molecule has 0 saturated carbocycles. The van der Waals surface area contributed by atoms with E-state index in [0.717, 1.165) is 5.56 Å². The van der Waals surface area contributed by atoms with Crippen molar-refractivity contribution in [3.63, 3.8) is 0 Å². The first-order chi connectivity index (χ1) is 16.7. The topological polar surface area (TPSA) is 123 Å². The van der Waals surface area contributed by atoms with Gasteiger partial charge in [-0.15, -0.1) is 0 Å². The van der Waals surface area contributed by atoms with Gasteiger partial charge in [0.25, 0.3) is 5.91 Å². The summed E-state index contributed by atoms with van der Waals surface area (Å²) >= 11 is 0. The van der Waals surface area contributed by atoms with Crippen molar-refractivity contribution in [2.75, 3.05) is 25.2 Å². The number of piperidine rings is 1. The Kier molecular flexibility index (Phi) is 6.06. The fraction of sp³-hybridized carbons (Fsp3) is 0.417. The van der Waals surface area contributed by atoms with Gasteiger partial charge in [0, 0.05) is 25.7 Å². The normalized spacial score (nSPS) is 21.6. The first kappa shape index (κ1) is 23.4. The lowest BCUT2D eigenvalue weighted by molar-refractivity contribution is -0.126. The van der Waals surface area contributed by atoms with Crippen LogP contribution in [0.3, 0.4) is 0 Å². The Bertz CT molecular complexity index is 1290. The molecule has 0 aromatic heterocycles. The van der Waals surface area contributed by atoms with Gasteiger partial charge in [-0.1, -0.05) is 6.07 Å². The second-order valence-electron chi connectivity index (χ2n) is 8.97. The molecule has 186 valence electrons. The second kappa shape index (κ2) is 9.04. The Balaban J connectivity index is 1.28. The molecule has 3 aliphatic rings. The number of fused-ring (bicyclic) bond motifs is 2. The standard InChI is InChI=1S/C24H27N3O7S/c1-14-8-18-20(34-15(2)23(28)26-18)10-22(14)35(30,31)27-7-3-4-17(12-27)24(29)25-11-16-5-6-19-21(9-16)33-13-32-19/h5-6,8-10,15,17H,3-4,7,11-13H2,1-2H3,(H,25,29)(H,26,28)/t15-,17-/m0/s1. The number of nitrogens with zero attached hydrogens (tertiary/aromatic N) is 1. The Labute approximate surface area is 203 Å². The first-order valence-electron chi connectivity index (χ1n) is 11.5. The Hall–Kier alpha value is -3.31. The van der Waals surface area contributed by atoms with Gasteiger partial charge in [0.15, 0.2) is 17.6 Å². The number of benzene rings is 2. The number of carbonyl (C=O) groups is 2. The van der Waals surface area contributed by atoms with Crippen molar-refractivity contribution in [3.05, 3.63) is 41.5 Å². The number of hydrogen-bond acceptors (Lipinski definition) is 7. The van der Waals surface area contributed by atoms with E-state index in [9.17, 15) is 18.0 Å². The maximum Gasteiger partial charge on any atom is 0.265 e. The minimum Gasteiger partial charge on any atom is -0.479 e. The summed E-state index contributed by atoms with van der Waals surface area (Å²) in [5, 5.41) is 5.65. The monoisotopic (exact) mass is 501 g/mol. The van der Waals surface area contributed by atoms with E-state index < -0.39 is 22.0 Å². The summed E-state index contributed by atoms with van der Waals surface area (Å²) in [4.78, 5) is 24.9. The van der Waals surface area contributed by atoms with Crippen LogP contribution in [-0.4, -0.2) is 50.5 Å². The predicted molar refractivity (Wildman–Crippen MR) is 126 cm³/mol. The van der Waals surface area contributed by atoms with Crippen LogP contribution in [0.4, 0.5) is 5.69 Å². The highest BCUT2D eigenvalue weighted by atomic mass is 32.2. The van der Waals surface area contributed by atoms with Crippen LogP contribution < -0.4 is 24.8 Å². The minimum atomic E-state index is -3.87. The highest BCUT2D eigenvalue weighted by Gasteiger charge is 2.35. The van der Waals surface area contributed by atoms with Crippen LogP contribution in [0.1, 0.15) is 30.9 Å². The van der Waals surface area contributed by atoms with Gasteiger partial charge in [0.1, 0.15) is 5.75 Å². The highest BCUT2D eigenvalue weighted by Crippen LogP contribution is 2.36. The molecule has 3 aliphatic heterocycles. The van der Waals surface area contributed by atoms with Crippen molar-refractivity contribution in [1.29, 1.82) is 0 Å². The van der Waals surface area contributed by atoms with E-state index in [0.29, 0.717) is 54.4 Å². The third kappa shape index (κ3) is 4.53. The number of ether oxygens (including phenoxy) is 3. The molecule has 3 heterocycles. The number of sulfonamides is 1. The molecule has 10 nitrogen and oxygen atoms in total. The van der Waals surface area contributed by atoms with Crippen LogP contribution in [0.25, 0.3) is 0 Å². The van der Waals surface area contributed by atoms with Crippen molar-refractivity contribution >= 4 is 27.5 Å². The fourth-order valence-electron chi connectivity index (χ4n) is 4.52. The number of aryl methyl sites for hydroxylation is 1. The van der Waals surface area contributed by atoms with Crippen LogP contribution in [0.5, 0.6) is 17.2 Å². The van der Waals surface area contributed by atoms with Crippen LogP contribution >= 0.6 is 0 Å². The molecule has 0 radical (unpaired) electrons. The van der Waals surface area contributed by atoms with Crippen molar-refractivity contribution in [3.8, 4) is 17.2 Å². The summed E-state index contributed by atoms with van der Waals surface area (Å²) in [7, 11) is -3.87. The average Bonchev–Trinajstić information content (AvgIpc) is 3.31. The summed E-state index contributed by atoms with van der Waals surface area (Å²) in [6, 6.07) is 8.54. The Morgan fingerprint density at radius 1 is 1.17 bits per heavy atom. The smallest absolute Gasteiger partial charge is 0.265 e. The third-order valence-electron chi connectivity index (χ3n) is 6.48. The molecule has 1 saturated heterocycles. The fourth-order valence-corrected chi connectivity index (χ4v) is 6.26. The van der Waals surface area contributed by atoms with Crippen LogP contribution in [0, 0.1) is 12.8 Å². The third-order valence-corrected chi connectivity index (χ3v) is 8.49. The van der Waals surface area contributed by atoms with Crippen molar-refractivity contribution < 1.29 is 32.2 Å². The molecular formula is C24H27N3O7S. The van der Waals surface area contributed by atoms with Gasteiger partial charge in [-0.2, -0.15) is 4.31 Å². The zero-order chi connectivity index (χ0) is 24.7. The van der Waals surface area contributed by atoms with Crippen LogP contribution in [0.2, 0.25) is 0 Å². The van der Waals surface area contributed by atoms with Gasteiger partial charge >= 0.3 is 0 Å². The number of hydrogen-bond donors (Lipinski definition) is 2. The lowest BCUT2D eigenvalue weighted by atomic mass is 9.98. The van der Waals surface area contributed by atoms with Crippen molar-refractivity contribution in [2.24, 2.45) is 5.92 Å². The van der Waals surface area contributed by atoms with E-state index in [1.807, 2.05) is 12.1 Å². The molecule has 2 aromatic carbocycles. The predicted octanol–water partition coefficient (Wildman–Crippen LogP) is 2.16. The lowest BCUT2D eigenvalue weighted by Gasteiger charge is -2.32. The quantitative estimate of drug-likeness (QED) is 0.644. The van der Waals surface area contributed by atoms with Crippen molar-refractivity contribution in [2.45, 2.75) is 44.2 Å². The molecule has 2 amide bonds. The van der Waals surface area contributed by atoms with Gasteiger partial charge in [-0.25, -0.2) is 8.42 Å². The van der Waals surface area contributed by atoms with Gasteiger partial charge in [-0.05, 0) is 56.0 Å². The summed E-state index contributed by atoms with van der Waals surface area (Å²) in [5.74, 6) is 0.707. The average molecular weight is 502 g/mol. The summed E-state index contributed by atoms with van der Waals surface area (Å²) in [5.41, 5.74) is 1.81. The highest BCUT2D eigenvalue weighted by molar-refractivity contribution is 7.89. The molecule has 2 N–H and O–H groups in total. The molecule has 11 heteroatoms. The SMILES string of the molecule is Cc1cc2c(cc1S(=O)(=O)N1CCC[C@H](C(=O)NCc3ccc4c(c3)OCO4)C1)O[C@@H](C)C(=O)N2. The molecular weight excluding hydrogens is 474 g/mol. The minimum absolute atomic E-state index is 0.0970. The van der Waals surface area contributed by atoms with E-state index in [2.05, 4.69) is 10.6 Å². The Morgan fingerprint density at radius 2 is 1.97 bits per heavy atom. The second-order valence-corrected chi connectivity index (χ2v) is 10.9. The zero-order valence-electron chi connectivity index (χ0n) is 19.5. The number of anilines is 1.